The molecule has 0 saturated heterocycles. The van der Waals surface area contributed by atoms with E-state index in [1.807, 2.05) is 0 Å². The number of hydroxylamine groups is 4. The standard InChI is InChI=1S/C11H20N2O4/c1-12(16-3)10(14)8-5-6-9(7-8)11(15)13(2)17-4/h8-9H,5-7H2,1-4H3. The fourth-order valence-electron chi connectivity index (χ4n) is 2.12. The fraction of sp³-hybridized carbons (Fsp3) is 0.818. The molecule has 0 aromatic carbocycles. The number of carbonyl (C=O) groups excluding carboxylic acids is 2. The second kappa shape index (κ2) is 5.97. The first-order chi connectivity index (χ1) is 8.01. The molecule has 98 valence electrons. The zero-order valence-corrected chi connectivity index (χ0v) is 10.8. The normalized spacial score (nSPS) is 23.5. The third-order valence-corrected chi connectivity index (χ3v) is 3.30. The van der Waals surface area contributed by atoms with Gasteiger partial charge in [-0.3, -0.25) is 19.3 Å². The van der Waals surface area contributed by atoms with Crippen LogP contribution in [0.5, 0.6) is 0 Å². The van der Waals surface area contributed by atoms with E-state index in [4.69, 9.17) is 9.68 Å². The Morgan fingerprint density at radius 3 is 1.59 bits per heavy atom. The molecule has 1 aliphatic carbocycles. The number of nitrogens with zero attached hydrogens (tertiary/aromatic N) is 2. The van der Waals surface area contributed by atoms with Gasteiger partial charge < -0.3 is 0 Å². The molecule has 2 atom stereocenters. The molecular formula is C11H20N2O4. The van der Waals surface area contributed by atoms with Crippen LogP contribution in [0.1, 0.15) is 19.3 Å². The van der Waals surface area contributed by atoms with E-state index in [2.05, 4.69) is 0 Å². The van der Waals surface area contributed by atoms with E-state index < -0.39 is 0 Å². The van der Waals surface area contributed by atoms with Crippen molar-refractivity contribution in [1.82, 2.24) is 10.1 Å². The van der Waals surface area contributed by atoms with Crippen LogP contribution in [0.3, 0.4) is 0 Å². The van der Waals surface area contributed by atoms with Gasteiger partial charge in [-0.2, -0.15) is 0 Å². The van der Waals surface area contributed by atoms with Crippen LogP contribution in [-0.2, 0) is 19.3 Å². The smallest absolute Gasteiger partial charge is 0.248 e. The summed E-state index contributed by atoms with van der Waals surface area (Å²) in [5.74, 6) is -0.385. The maximum atomic E-state index is 11.8. The van der Waals surface area contributed by atoms with Crippen molar-refractivity contribution in [2.75, 3.05) is 28.3 Å². The summed E-state index contributed by atoms with van der Waals surface area (Å²) in [5.41, 5.74) is 0. The molecule has 6 nitrogen and oxygen atoms in total. The minimum absolute atomic E-state index is 0.0668. The first kappa shape index (κ1) is 13.9. The van der Waals surface area contributed by atoms with Gasteiger partial charge in [0.05, 0.1) is 14.2 Å². The molecule has 6 heteroatoms. The summed E-state index contributed by atoms with van der Waals surface area (Å²) in [6.07, 6.45) is 2.01. The topological polar surface area (TPSA) is 59.1 Å². The highest BCUT2D eigenvalue weighted by molar-refractivity contribution is 5.82. The highest BCUT2D eigenvalue weighted by Gasteiger charge is 2.36. The van der Waals surface area contributed by atoms with Crippen LogP contribution < -0.4 is 0 Å². The summed E-state index contributed by atoms with van der Waals surface area (Å²) in [5, 5.41) is 2.44. The molecule has 0 radical (unpaired) electrons. The molecule has 0 aliphatic heterocycles. The largest absolute Gasteiger partial charge is 0.275 e. The van der Waals surface area contributed by atoms with Crippen LogP contribution >= 0.6 is 0 Å². The van der Waals surface area contributed by atoms with E-state index in [0.29, 0.717) is 6.42 Å². The Balaban J connectivity index is 2.53. The molecular weight excluding hydrogens is 224 g/mol. The molecule has 0 heterocycles. The van der Waals surface area contributed by atoms with E-state index in [1.54, 1.807) is 14.1 Å². The molecule has 1 fully saturated rings. The Bertz CT molecular complexity index is 267. The number of rotatable bonds is 4. The first-order valence-electron chi connectivity index (χ1n) is 5.64. The average Bonchev–Trinajstić information content (AvgIpc) is 2.84. The molecule has 2 amide bonds. The van der Waals surface area contributed by atoms with Gasteiger partial charge in [-0.15, -0.1) is 0 Å². The van der Waals surface area contributed by atoms with E-state index >= 15 is 0 Å². The third kappa shape index (κ3) is 3.17. The second-order valence-corrected chi connectivity index (χ2v) is 4.24. The van der Waals surface area contributed by atoms with Gasteiger partial charge >= 0.3 is 0 Å². The Morgan fingerprint density at radius 2 is 1.29 bits per heavy atom. The predicted octanol–water partition coefficient (Wildman–Crippen LogP) is 0.442. The molecule has 1 rings (SSSR count). The second-order valence-electron chi connectivity index (χ2n) is 4.24. The van der Waals surface area contributed by atoms with Gasteiger partial charge in [0.25, 0.3) is 0 Å². The molecule has 1 aliphatic rings. The van der Waals surface area contributed by atoms with Crippen molar-refractivity contribution in [1.29, 1.82) is 0 Å². The highest BCUT2D eigenvalue weighted by Crippen LogP contribution is 2.33. The summed E-state index contributed by atoms with van der Waals surface area (Å²) in [6, 6.07) is 0. The van der Waals surface area contributed by atoms with Gasteiger partial charge in [0, 0.05) is 25.9 Å². The molecule has 0 aromatic heterocycles. The molecule has 0 N–H and O–H groups in total. The zero-order chi connectivity index (χ0) is 13.0. The van der Waals surface area contributed by atoms with Gasteiger partial charge in [-0.05, 0) is 19.3 Å². The third-order valence-electron chi connectivity index (χ3n) is 3.30. The Hall–Kier alpha value is -1.14. The zero-order valence-electron chi connectivity index (χ0n) is 10.8. The maximum Gasteiger partial charge on any atom is 0.248 e. The van der Waals surface area contributed by atoms with E-state index in [1.165, 1.54) is 24.3 Å². The molecule has 0 bridgehead atoms. The Labute approximate surface area is 101 Å². The molecule has 17 heavy (non-hydrogen) atoms. The molecule has 1 saturated carbocycles. The number of hydrogen-bond acceptors (Lipinski definition) is 4. The van der Waals surface area contributed by atoms with Gasteiger partial charge in [-0.1, -0.05) is 0 Å². The van der Waals surface area contributed by atoms with Crippen LogP contribution in [0, 0.1) is 11.8 Å². The van der Waals surface area contributed by atoms with Crippen molar-refractivity contribution in [3.05, 3.63) is 0 Å². The summed E-state index contributed by atoms with van der Waals surface area (Å²) < 4.78 is 0. The van der Waals surface area contributed by atoms with Crippen LogP contribution in [0.15, 0.2) is 0 Å². The lowest BCUT2D eigenvalue weighted by atomic mass is 10.0. The van der Waals surface area contributed by atoms with E-state index in [9.17, 15) is 9.59 Å². The van der Waals surface area contributed by atoms with Crippen molar-refractivity contribution in [3.8, 4) is 0 Å². The quantitative estimate of drug-likeness (QED) is 0.673. The van der Waals surface area contributed by atoms with Crippen molar-refractivity contribution < 1.29 is 19.3 Å². The van der Waals surface area contributed by atoms with Crippen LogP contribution in [0.25, 0.3) is 0 Å². The first-order valence-corrected chi connectivity index (χ1v) is 5.64. The van der Waals surface area contributed by atoms with Crippen LogP contribution in [0.4, 0.5) is 0 Å². The molecule has 0 spiro atoms. The van der Waals surface area contributed by atoms with Crippen molar-refractivity contribution in [2.24, 2.45) is 11.8 Å². The van der Waals surface area contributed by atoms with E-state index in [-0.39, 0.29) is 23.7 Å². The number of carbonyl (C=O) groups is 2. The van der Waals surface area contributed by atoms with Crippen molar-refractivity contribution >= 4 is 11.8 Å². The summed E-state index contributed by atoms with van der Waals surface area (Å²) in [7, 11) is 6.07. The van der Waals surface area contributed by atoms with Gasteiger partial charge in [0.1, 0.15) is 0 Å². The van der Waals surface area contributed by atoms with Gasteiger partial charge in [-0.25, -0.2) is 10.1 Å². The van der Waals surface area contributed by atoms with E-state index in [0.717, 1.165) is 12.8 Å². The minimum atomic E-state index is -0.126. The molecule has 0 aromatic rings. The Morgan fingerprint density at radius 1 is 0.941 bits per heavy atom. The minimum Gasteiger partial charge on any atom is -0.275 e. The summed E-state index contributed by atoms with van der Waals surface area (Å²) in [4.78, 5) is 33.4. The summed E-state index contributed by atoms with van der Waals surface area (Å²) in [6.45, 7) is 0. The lowest BCUT2D eigenvalue weighted by molar-refractivity contribution is -0.175. The monoisotopic (exact) mass is 244 g/mol. The Kier molecular flexibility index (Phi) is 4.89. The van der Waals surface area contributed by atoms with Crippen LogP contribution in [0.2, 0.25) is 0 Å². The highest BCUT2D eigenvalue weighted by atomic mass is 16.7. The fourth-order valence-corrected chi connectivity index (χ4v) is 2.12. The number of amides is 2. The summed E-state index contributed by atoms with van der Waals surface area (Å²) >= 11 is 0. The lowest BCUT2D eigenvalue weighted by Crippen LogP contribution is -2.33. The van der Waals surface area contributed by atoms with Crippen molar-refractivity contribution in [2.45, 2.75) is 19.3 Å². The lowest BCUT2D eigenvalue weighted by Gasteiger charge is -2.19. The van der Waals surface area contributed by atoms with Gasteiger partial charge in [0.15, 0.2) is 0 Å². The molecule has 2 unspecified atom stereocenters. The van der Waals surface area contributed by atoms with Crippen molar-refractivity contribution in [3.63, 3.8) is 0 Å². The van der Waals surface area contributed by atoms with Gasteiger partial charge in [0.2, 0.25) is 11.8 Å². The SMILES string of the molecule is CON(C)C(=O)C1CCC(C(=O)N(C)OC)C1. The maximum absolute atomic E-state index is 11.8. The van der Waals surface area contributed by atoms with Crippen LogP contribution in [-0.4, -0.2) is 50.3 Å². The average molecular weight is 244 g/mol. The number of hydrogen-bond donors (Lipinski definition) is 0. The predicted molar refractivity (Wildman–Crippen MR) is 60.4 cm³/mol.